The molecule has 1 amide bonds. The van der Waals surface area contributed by atoms with Crippen molar-refractivity contribution in [3.8, 4) is 0 Å². The Hall–Kier alpha value is -2.37. The second-order valence-corrected chi connectivity index (χ2v) is 4.05. The van der Waals surface area contributed by atoms with E-state index in [0.717, 1.165) is 5.56 Å². The van der Waals surface area contributed by atoms with Crippen LogP contribution in [-0.4, -0.2) is 16.1 Å². The number of amides is 1. The summed E-state index contributed by atoms with van der Waals surface area (Å²) in [6.07, 6.45) is 0. The van der Waals surface area contributed by atoms with E-state index in [1.54, 1.807) is 19.1 Å². The third kappa shape index (κ3) is 2.17. The molecule has 0 fully saturated rings. The number of carbonyl (C=O) groups excluding carboxylic acids is 1. The largest absolute Gasteiger partial charge is 0.395 e. The molecule has 0 unspecified atom stereocenters. The Labute approximate surface area is 103 Å². The molecule has 0 aliphatic heterocycles. The van der Waals surface area contributed by atoms with Crippen LogP contribution in [0.3, 0.4) is 0 Å². The molecule has 6 heteroatoms. The van der Waals surface area contributed by atoms with Crippen molar-refractivity contribution in [3.05, 3.63) is 41.0 Å². The first-order chi connectivity index (χ1) is 8.49. The lowest BCUT2D eigenvalue weighted by molar-refractivity contribution is 0.102. The number of hydrogen-bond acceptors (Lipinski definition) is 3. The van der Waals surface area contributed by atoms with Crippen molar-refractivity contribution < 1.29 is 9.18 Å². The molecule has 1 heterocycles. The minimum Gasteiger partial charge on any atom is -0.395 e. The van der Waals surface area contributed by atoms with Gasteiger partial charge in [-0.05, 0) is 31.5 Å². The van der Waals surface area contributed by atoms with Gasteiger partial charge in [0.1, 0.15) is 5.82 Å². The quantitative estimate of drug-likeness (QED) is 0.760. The molecule has 4 N–H and O–H groups in total. The minimum absolute atomic E-state index is 0.0633. The third-order valence-electron chi connectivity index (χ3n) is 2.58. The van der Waals surface area contributed by atoms with Gasteiger partial charge in [0.15, 0.2) is 5.69 Å². The van der Waals surface area contributed by atoms with Gasteiger partial charge in [-0.2, -0.15) is 5.10 Å². The van der Waals surface area contributed by atoms with E-state index in [9.17, 15) is 9.18 Å². The van der Waals surface area contributed by atoms with Gasteiger partial charge in [-0.25, -0.2) is 4.39 Å². The molecule has 1 aromatic heterocycles. The molecule has 0 spiro atoms. The minimum atomic E-state index is -0.540. The molecule has 0 bridgehead atoms. The van der Waals surface area contributed by atoms with E-state index < -0.39 is 11.7 Å². The summed E-state index contributed by atoms with van der Waals surface area (Å²) in [6, 6.07) is 4.46. The summed E-state index contributed by atoms with van der Waals surface area (Å²) in [5.74, 6) is -1.04. The standard InChI is InChI=1S/C12H13FN4O/c1-6-3-4-8(13)9(5-6)15-12(18)11-10(14)7(2)16-17-11/h3-5H,14H2,1-2H3,(H,15,18)(H,16,17). The normalized spacial score (nSPS) is 10.4. The van der Waals surface area contributed by atoms with Crippen LogP contribution in [0.4, 0.5) is 15.8 Å². The van der Waals surface area contributed by atoms with Crippen molar-refractivity contribution in [1.29, 1.82) is 0 Å². The van der Waals surface area contributed by atoms with Gasteiger partial charge >= 0.3 is 0 Å². The number of nitrogens with two attached hydrogens (primary N) is 1. The number of nitrogen functional groups attached to an aromatic ring is 1. The number of rotatable bonds is 2. The molecule has 0 aliphatic carbocycles. The molecule has 1 aromatic carbocycles. The number of nitrogens with one attached hydrogen (secondary N) is 2. The summed E-state index contributed by atoms with van der Waals surface area (Å²) in [5, 5.41) is 8.82. The molecule has 0 saturated carbocycles. The first-order valence-electron chi connectivity index (χ1n) is 5.37. The summed E-state index contributed by atoms with van der Waals surface area (Å²) in [6.45, 7) is 3.51. The van der Waals surface area contributed by atoms with E-state index in [4.69, 9.17) is 5.73 Å². The number of aromatic nitrogens is 2. The van der Waals surface area contributed by atoms with Gasteiger partial charge in [0, 0.05) is 0 Å². The van der Waals surface area contributed by atoms with Crippen molar-refractivity contribution in [3.63, 3.8) is 0 Å². The Bertz CT molecular complexity index is 606. The highest BCUT2D eigenvalue weighted by Gasteiger charge is 2.16. The average molecular weight is 248 g/mol. The smallest absolute Gasteiger partial charge is 0.278 e. The molecule has 5 nitrogen and oxygen atoms in total. The summed E-state index contributed by atoms with van der Waals surface area (Å²) in [7, 11) is 0. The lowest BCUT2D eigenvalue weighted by atomic mass is 10.2. The maximum atomic E-state index is 13.5. The van der Waals surface area contributed by atoms with Crippen molar-refractivity contribution in [2.45, 2.75) is 13.8 Å². The Morgan fingerprint density at radius 1 is 1.44 bits per heavy atom. The molecule has 94 valence electrons. The zero-order chi connectivity index (χ0) is 13.3. The summed E-state index contributed by atoms with van der Waals surface area (Å²) >= 11 is 0. The number of aryl methyl sites for hydroxylation is 2. The monoisotopic (exact) mass is 248 g/mol. The van der Waals surface area contributed by atoms with E-state index >= 15 is 0 Å². The van der Waals surface area contributed by atoms with Crippen molar-refractivity contribution in [2.75, 3.05) is 11.1 Å². The van der Waals surface area contributed by atoms with Crippen LogP contribution in [0.15, 0.2) is 18.2 Å². The molecule has 0 atom stereocenters. The van der Waals surface area contributed by atoms with E-state index in [2.05, 4.69) is 15.5 Å². The van der Waals surface area contributed by atoms with Crippen LogP contribution in [0.5, 0.6) is 0 Å². The van der Waals surface area contributed by atoms with Crippen LogP contribution in [0, 0.1) is 19.7 Å². The Balaban J connectivity index is 2.27. The van der Waals surface area contributed by atoms with E-state index in [1.165, 1.54) is 6.07 Å². The number of carbonyl (C=O) groups is 1. The highest BCUT2D eigenvalue weighted by molar-refractivity contribution is 6.06. The SMILES string of the molecule is Cc1ccc(F)c(NC(=O)c2n[nH]c(C)c2N)c1. The molecule has 18 heavy (non-hydrogen) atoms. The number of halogens is 1. The molecule has 0 radical (unpaired) electrons. The summed E-state index contributed by atoms with van der Waals surface area (Å²) in [5.41, 5.74) is 7.56. The topological polar surface area (TPSA) is 83.8 Å². The maximum absolute atomic E-state index is 13.5. The Morgan fingerprint density at radius 2 is 2.17 bits per heavy atom. The Kier molecular flexibility index (Phi) is 3.01. The molecular formula is C12H13FN4O. The Morgan fingerprint density at radius 3 is 2.78 bits per heavy atom. The fraction of sp³-hybridized carbons (Fsp3) is 0.167. The van der Waals surface area contributed by atoms with Crippen molar-refractivity contribution in [1.82, 2.24) is 10.2 Å². The second kappa shape index (κ2) is 4.48. The fourth-order valence-corrected chi connectivity index (χ4v) is 1.53. The maximum Gasteiger partial charge on any atom is 0.278 e. The van der Waals surface area contributed by atoms with E-state index in [-0.39, 0.29) is 17.1 Å². The number of benzene rings is 1. The van der Waals surface area contributed by atoms with E-state index in [0.29, 0.717) is 5.69 Å². The van der Waals surface area contributed by atoms with E-state index in [1.807, 2.05) is 6.92 Å². The predicted molar refractivity (Wildman–Crippen MR) is 66.8 cm³/mol. The second-order valence-electron chi connectivity index (χ2n) is 4.05. The van der Waals surface area contributed by atoms with Crippen molar-refractivity contribution >= 4 is 17.3 Å². The van der Waals surface area contributed by atoms with Crippen LogP contribution in [-0.2, 0) is 0 Å². The first-order valence-corrected chi connectivity index (χ1v) is 5.37. The van der Waals surface area contributed by atoms with Crippen LogP contribution < -0.4 is 11.1 Å². The average Bonchev–Trinajstić information content (AvgIpc) is 2.65. The number of aromatic amines is 1. The number of hydrogen-bond donors (Lipinski definition) is 3. The highest BCUT2D eigenvalue weighted by atomic mass is 19.1. The van der Waals surface area contributed by atoms with Gasteiger partial charge in [-0.1, -0.05) is 6.07 Å². The molecule has 0 saturated heterocycles. The fourth-order valence-electron chi connectivity index (χ4n) is 1.53. The summed E-state index contributed by atoms with van der Waals surface area (Å²) in [4.78, 5) is 11.9. The molecular weight excluding hydrogens is 235 g/mol. The first kappa shape index (κ1) is 12.1. The molecule has 2 rings (SSSR count). The number of nitrogens with zero attached hydrogens (tertiary/aromatic N) is 1. The number of anilines is 2. The predicted octanol–water partition coefficient (Wildman–Crippen LogP) is 2.00. The van der Waals surface area contributed by atoms with Gasteiger partial charge < -0.3 is 11.1 Å². The summed E-state index contributed by atoms with van der Waals surface area (Å²) < 4.78 is 13.5. The third-order valence-corrected chi connectivity index (χ3v) is 2.58. The van der Waals surface area contributed by atoms with Gasteiger partial charge in [0.2, 0.25) is 0 Å². The van der Waals surface area contributed by atoms with Gasteiger partial charge in [-0.3, -0.25) is 9.89 Å². The van der Waals surface area contributed by atoms with Crippen LogP contribution in [0.25, 0.3) is 0 Å². The van der Waals surface area contributed by atoms with Gasteiger partial charge in [0.05, 0.1) is 17.1 Å². The van der Waals surface area contributed by atoms with Crippen LogP contribution in [0.1, 0.15) is 21.7 Å². The number of H-pyrrole nitrogens is 1. The van der Waals surface area contributed by atoms with Crippen molar-refractivity contribution in [2.24, 2.45) is 0 Å². The van der Waals surface area contributed by atoms with Gasteiger partial charge in [-0.15, -0.1) is 0 Å². The zero-order valence-corrected chi connectivity index (χ0v) is 10.0. The van der Waals surface area contributed by atoms with Crippen LogP contribution in [0.2, 0.25) is 0 Å². The molecule has 0 aliphatic rings. The van der Waals surface area contributed by atoms with Crippen LogP contribution >= 0.6 is 0 Å². The zero-order valence-electron chi connectivity index (χ0n) is 10.0. The van der Waals surface area contributed by atoms with Gasteiger partial charge in [0.25, 0.3) is 5.91 Å². The molecule has 2 aromatic rings. The lowest BCUT2D eigenvalue weighted by Gasteiger charge is -2.06. The highest BCUT2D eigenvalue weighted by Crippen LogP contribution is 2.18. The lowest BCUT2D eigenvalue weighted by Crippen LogP contribution is -2.15.